The van der Waals surface area contributed by atoms with E-state index in [1.54, 1.807) is 4.68 Å². The van der Waals surface area contributed by atoms with Gasteiger partial charge in [-0.3, -0.25) is 4.79 Å². The Morgan fingerprint density at radius 2 is 1.86 bits per heavy atom. The van der Waals surface area contributed by atoms with E-state index in [0.29, 0.717) is 11.7 Å². The molecule has 1 aliphatic carbocycles. The van der Waals surface area contributed by atoms with E-state index in [1.807, 2.05) is 36.4 Å². The fourth-order valence-electron chi connectivity index (χ4n) is 3.50. The zero-order valence-corrected chi connectivity index (χ0v) is 16.8. The van der Waals surface area contributed by atoms with Crippen LogP contribution in [0.1, 0.15) is 47.8 Å². The molecule has 1 N–H and O–H groups in total. The summed E-state index contributed by atoms with van der Waals surface area (Å²) in [5, 5.41) is 7.18. The summed E-state index contributed by atoms with van der Waals surface area (Å²) in [4.78, 5) is 20.4. The molecule has 8 nitrogen and oxygen atoms in total. The topological polar surface area (TPSA) is 107 Å². The van der Waals surface area contributed by atoms with Crippen LogP contribution < -0.4 is 5.32 Å². The zero-order valence-electron chi connectivity index (χ0n) is 15.9. The third-order valence-electron chi connectivity index (χ3n) is 4.94. The van der Waals surface area contributed by atoms with Crippen LogP contribution in [0.15, 0.2) is 53.8 Å². The lowest BCUT2D eigenvalue weighted by atomic mass is 10.0. The number of amides is 1. The van der Waals surface area contributed by atoms with Gasteiger partial charge in [0.05, 0.1) is 11.4 Å². The predicted molar refractivity (Wildman–Crippen MR) is 108 cm³/mol. The van der Waals surface area contributed by atoms with Crippen molar-refractivity contribution in [1.82, 2.24) is 19.7 Å². The van der Waals surface area contributed by atoms with Crippen LogP contribution in [0.25, 0.3) is 5.69 Å². The lowest BCUT2D eigenvalue weighted by Crippen LogP contribution is -2.18. The van der Waals surface area contributed by atoms with Gasteiger partial charge in [0.25, 0.3) is 5.91 Å². The Hall–Kier alpha value is -3.07. The first-order chi connectivity index (χ1) is 13.9. The first-order valence-corrected chi connectivity index (χ1v) is 11.3. The number of nitrogens with zero attached hydrogens (tertiary/aromatic N) is 4. The van der Waals surface area contributed by atoms with Gasteiger partial charge in [-0.25, -0.2) is 23.1 Å². The number of aromatic nitrogens is 4. The molecule has 1 aliphatic rings. The number of rotatable bonds is 5. The van der Waals surface area contributed by atoms with Gasteiger partial charge in [-0.2, -0.15) is 5.10 Å². The summed E-state index contributed by atoms with van der Waals surface area (Å²) in [6.45, 7) is 0. The minimum Gasteiger partial charge on any atom is -0.305 e. The minimum atomic E-state index is -3.61. The zero-order chi connectivity index (χ0) is 20.4. The maximum absolute atomic E-state index is 12.8. The molecule has 150 valence electrons. The second-order valence-corrected chi connectivity index (χ2v) is 9.04. The van der Waals surface area contributed by atoms with Crippen LogP contribution in [0, 0.1) is 0 Å². The third kappa shape index (κ3) is 4.19. The second-order valence-electron chi connectivity index (χ2n) is 7.13. The van der Waals surface area contributed by atoms with Gasteiger partial charge in [-0.15, -0.1) is 0 Å². The summed E-state index contributed by atoms with van der Waals surface area (Å²) in [7, 11) is -3.61. The van der Waals surface area contributed by atoms with Crippen molar-refractivity contribution >= 4 is 21.6 Å². The quantitative estimate of drug-likeness (QED) is 0.647. The molecule has 0 spiro atoms. The lowest BCUT2D eigenvalue weighted by molar-refractivity contribution is 0.102. The summed E-state index contributed by atoms with van der Waals surface area (Å²) in [6, 6.07) is 12.8. The van der Waals surface area contributed by atoms with Crippen molar-refractivity contribution in [3.05, 3.63) is 60.0 Å². The molecule has 0 aliphatic heterocycles. The van der Waals surface area contributed by atoms with Crippen LogP contribution in [0.5, 0.6) is 0 Å². The molecular formula is C20H21N5O3S. The molecular weight excluding hydrogens is 390 g/mol. The van der Waals surface area contributed by atoms with Crippen molar-refractivity contribution in [3.63, 3.8) is 0 Å². The summed E-state index contributed by atoms with van der Waals surface area (Å²) >= 11 is 0. The fraction of sp³-hybridized carbons (Fsp3) is 0.300. The molecule has 9 heteroatoms. The molecule has 0 radical (unpaired) electrons. The van der Waals surface area contributed by atoms with Crippen LogP contribution >= 0.6 is 0 Å². The van der Waals surface area contributed by atoms with Gasteiger partial charge in [0.1, 0.15) is 11.5 Å². The number of hydrogen-bond donors (Lipinski definition) is 1. The number of anilines is 1. The Morgan fingerprint density at radius 3 is 2.55 bits per heavy atom. The Bertz CT molecular complexity index is 1140. The van der Waals surface area contributed by atoms with Crippen molar-refractivity contribution in [2.24, 2.45) is 0 Å². The van der Waals surface area contributed by atoms with Crippen LogP contribution in [-0.4, -0.2) is 40.3 Å². The Morgan fingerprint density at radius 1 is 1.14 bits per heavy atom. The van der Waals surface area contributed by atoms with E-state index in [9.17, 15) is 13.2 Å². The van der Waals surface area contributed by atoms with E-state index >= 15 is 0 Å². The number of benzene rings is 1. The number of nitrogens with one attached hydrogen (secondary N) is 1. The van der Waals surface area contributed by atoms with E-state index < -0.39 is 15.7 Å². The number of para-hydroxylation sites is 1. The summed E-state index contributed by atoms with van der Waals surface area (Å²) < 4.78 is 25.1. The van der Waals surface area contributed by atoms with Crippen LogP contribution in [0.4, 0.5) is 5.82 Å². The Labute approximate surface area is 168 Å². The largest absolute Gasteiger partial charge is 0.305 e. The molecule has 0 bridgehead atoms. The Kier molecular flexibility index (Phi) is 5.14. The van der Waals surface area contributed by atoms with Gasteiger partial charge in [-0.1, -0.05) is 31.0 Å². The van der Waals surface area contributed by atoms with Gasteiger partial charge in [0.15, 0.2) is 0 Å². The van der Waals surface area contributed by atoms with E-state index in [1.165, 1.54) is 25.1 Å². The Balaban J connectivity index is 1.68. The van der Waals surface area contributed by atoms with Crippen LogP contribution in [-0.2, 0) is 9.84 Å². The lowest BCUT2D eigenvalue weighted by Gasteiger charge is -2.09. The van der Waals surface area contributed by atoms with Crippen molar-refractivity contribution in [2.75, 3.05) is 11.6 Å². The maximum atomic E-state index is 12.8. The molecule has 0 unspecified atom stereocenters. The minimum absolute atomic E-state index is 0.0244. The first kappa shape index (κ1) is 19.3. The monoisotopic (exact) mass is 411 g/mol. The van der Waals surface area contributed by atoms with Crippen LogP contribution in [0.3, 0.4) is 0 Å². The highest BCUT2D eigenvalue weighted by Gasteiger charge is 2.23. The molecule has 1 saturated carbocycles. The number of sulfone groups is 1. The highest BCUT2D eigenvalue weighted by atomic mass is 32.2. The normalized spacial score (nSPS) is 14.8. The highest BCUT2D eigenvalue weighted by Crippen LogP contribution is 2.35. The third-order valence-corrected chi connectivity index (χ3v) is 5.80. The molecule has 3 aromatic rings. The van der Waals surface area contributed by atoms with Gasteiger partial charge < -0.3 is 5.32 Å². The predicted octanol–water partition coefficient (Wildman–Crippen LogP) is 2.98. The number of carbonyl (C=O) groups is 1. The second kappa shape index (κ2) is 7.75. The maximum Gasteiger partial charge on any atom is 0.275 e. The van der Waals surface area contributed by atoms with Crippen molar-refractivity contribution in [2.45, 2.75) is 36.8 Å². The fourth-order valence-corrected chi connectivity index (χ4v) is 4.02. The average Bonchev–Trinajstić information content (AvgIpc) is 3.38. The number of carbonyl (C=O) groups excluding carboxylic acids is 1. The van der Waals surface area contributed by atoms with Gasteiger partial charge >= 0.3 is 0 Å². The van der Waals surface area contributed by atoms with E-state index in [0.717, 1.165) is 30.5 Å². The van der Waals surface area contributed by atoms with Gasteiger partial charge in [-0.05, 0) is 31.0 Å². The van der Waals surface area contributed by atoms with E-state index in [4.69, 9.17) is 5.10 Å². The van der Waals surface area contributed by atoms with Gasteiger partial charge in [0.2, 0.25) is 15.0 Å². The smallest absolute Gasteiger partial charge is 0.275 e. The highest BCUT2D eigenvalue weighted by molar-refractivity contribution is 7.90. The molecule has 2 aromatic heterocycles. The summed E-state index contributed by atoms with van der Waals surface area (Å²) in [6.07, 6.45) is 6.80. The molecule has 29 heavy (non-hydrogen) atoms. The molecule has 2 heterocycles. The first-order valence-electron chi connectivity index (χ1n) is 9.41. The van der Waals surface area contributed by atoms with E-state index in [-0.39, 0.29) is 10.9 Å². The van der Waals surface area contributed by atoms with Gasteiger partial charge in [0, 0.05) is 24.4 Å². The summed E-state index contributed by atoms with van der Waals surface area (Å²) in [5.41, 5.74) is 1.75. The molecule has 1 fully saturated rings. The van der Waals surface area contributed by atoms with Crippen molar-refractivity contribution in [1.29, 1.82) is 0 Å². The summed E-state index contributed by atoms with van der Waals surface area (Å²) in [5.74, 6) is 0.376. The van der Waals surface area contributed by atoms with E-state index in [2.05, 4.69) is 15.3 Å². The molecule has 0 saturated heterocycles. The van der Waals surface area contributed by atoms with Crippen LogP contribution in [0.2, 0.25) is 0 Å². The molecule has 1 aromatic carbocycles. The SMILES string of the molecule is CS(=O)(=O)c1nccc(C(=O)Nc2cc(C3CCCC3)nn2-c2ccccc2)n1. The molecule has 1 amide bonds. The van der Waals surface area contributed by atoms with Crippen molar-refractivity contribution < 1.29 is 13.2 Å². The number of hydrogen-bond acceptors (Lipinski definition) is 6. The molecule has 0 atom stereocenters. The van der Waals surface area contributed by atoms with Crippen molar-refractivity contribution in [3.8, 4) is 5.69 Å². The average molecular weight is 411 g/mol. The molecule has 4 rings (SSSR count). The standard InChI is InChI=1S/C20H21N5O3S/c1-29(27,28)20-21-12-11-16(22-20)19(26)23-18-13-17(14-7-5-6-8-14)24-25(18)15-9-3-2-4-10-15/h2-4,9-14H,5-8H2,1H3,(H,23,26).